The normalized spacial score (nSPS) is 11.6. The molecule has 0 aliphatic rings. The smallest absolute Gasteiger partial charge is 0.407 e. The summed E-state index contributed by atoms with van der Waals surface area (Å²) < 4.78 is 55.0. The van der Waals surface area contributed by atoms with Crippen molar-refractivity contribution in [2.24, 2.45) is 0 Å². The van der Waals surface area contributed by atoms with E-state index in [2.05, 4.69) is 4.74 Å². The number of nitrogens with one attached hydrogen (secondary N) is 1. The molecule has 1 amide bonds. The fraction of sp³-hybridized carbons (Fsp3) is 0.500. The van der Waals surface area contributed by atoms with E-state index < -0.39 is 42.6 Å². The molecule has 0 bridgehead atoms. The van der Waals surface area contributed by atoms with Crippen LogP contribution in [0.5, 0.6) is 5.75 Å². The van der Waals surface area contributed by atoms with E-state index in [1.54, 1.807) is 20.8 Å². The number of amides is 1. The molecule has 0 fully saturated rings. The zero-order valence-corrected chi connectivity index (χ0v) is 14.3. The highest BCUT2D eigenvalue weighted by molar-refractivity contribution is 5.92. The minimum atomic E-state index is -3.45. The lowest BCUT2D eigenvalue weighted by molar-refractivity contribution is -0.0411. The van der Waals surface area contributed by atoms with Crippen LogP contribution in [0.4, 0.5) is 18.0 Å². The lowest BCUT2D eigenvalue weighted by atomic mass is 10.2. The Hall–Kier alpha value is -2.45. The number of benzene rings is 1. The highest BCUT2D eigenvalue weighted by Crippen LogP contribution is 2.23. The van der Waals surface area contributed by atoms with Crippen LogP contribution in [0.2, 0.25) is 0 Å². The van der Waals surface area contributed by atoms with Crippen molar-refractivity contribution in [1.82, 2.24) is 5.32 Å². The van der Waals surface area contributed by atoms with Gasteiger partial charge in [0.2, 0.25) is 0 Å². The molecule has 9 heteroatoms. The number of rotatable bonds is 6. The lowest BCUT2D eigenvalue weighted by Crippen LogP contribution is -2.42. The summed E-state index contributed by atoms with van der Waals surface area (Å²) in [6.45, 7) is 2.61. The number of esters is 1. The zero-order chi connectivity index (χ0) is 19.3. The molecule has 0 saturated carbocycles. The molecule has 1 aromatic rings. The molecule has 0 heterocycles. The molecule has 0 saturated heterocycles. The molecular weight excluding hydrogens is 343 g/mol. The van der Waals surface area contributed by atoms with Gasteiger partial charge in [0, 0.05) is 0 Å². The number of alkyl carbamates (subject to hydrolysis) is 1. The Labute approximate surface area is 143 Å². The molecule has 0 spiro atoms. The second-order valence-electron chi connectivity index (χ2n) is 6.13. The predicted molar refractivity (Wildman–Crippen MR) is 82.4 cm³/mol. The standard InChI is InChI=1S/C16H20F3NO5/c1-15(2,3)25-14(22)20-8-16(18,19)9-24-12-6-5-10(17)7-11(12)13(21)23-4/h5-7H,8-9H2,1-4H3,(H,20,22). The van der Waals surface area contributed by atoms with Gasteiger partial charge in [0.15, 0.2) is 6.61 Å². The molecule has 0 aliphatic heterocycles. The number of carbonyl (C=O) groups excluding carboxylic acids is 2. The van der Waals surface area contributed by atoms with E-state index in [1.165, 1.54) is 0 Å². The first-order valence-electron chi connectivity index (χ1n) is 7.29. The van der Waals surface area contributed by atoms with Crippen LogP contribution in [-0.2, 0) is 9.47 Å². The van der Waals surface area contributed by atoms with Crippen LogP contribution in [0.1, 0.15) is 31.1 Å². The average molecular weight is 363 g/mol. The Morgan fingerprint density at radius 1 is 1.20 bits per heavy atom. The van der Waals surface area contributed by atoms with E-state index >= 15 is 0 Å². The molecule has 6 nitrogen and oxygen atoms in total. The molecule has 1 rings (SSSR count). The van der Waals surface area contributed by atoms with Crippen LogP contribution in [0.15, 0.2) is 18.2 Å². The van der Waals surface area contributed by atoms with Crippen LogP contribution in [-0.4, -0.2) is 43.8 Å². The van der Waals surface area contributed by atoms with Crippen molar-refractivity contribution in [3.8, 4) is 5.75 Å². The third-order valence-corrected chi connectivity index (χ3v) is 2.68. The van der Waals surface area contributed by atoms with Gasteiger partial charge in [-0.2, -0.15) is 0 Å². The van der Waals surface area contributed by atoms with Crippen molar-refractivity contribution in [2.75, 3.05) is 20.3 Å². The summed E-state index contributed by atoms with van der Waals surface area (Å²) in [6.07, 6.45) is -0.996. The predicted octanol–water partition coefficient (Wildman–Crippen LogP) is 3.15. The van der Waals surface area contributed by atoms with E-state index in [0.717, 1.165) is 25.3 Å². The molecule has 0 aliphatic carbocycles. The molecule has 1 N–H and O–H groups in total. The van der Waals surface area contributed by atoms with E-state index in [0.29, 0.717) is 0 Å². The highest BCUT2D eigenvalue weighted by Gasteiger charge is 2.32. The van der Waals surface area contributed by atoms with E-state index in [-0.39, 0.29) is 11.3 Å². The monoisotopic (exact) mass is 363 g/mol. The first-order valence-corrected chi connectivity index (χ1v) is 7.29. The van der Waals surface area contributed by atoms with Crippen molar-refractivity contribution >= 4 is 12.1 Å². The molecule has 0 radical (unpaired) electrons. The number of carbonyl (C=O) groups is 2. The van der Waals surface area contributed by atoms with Crippen LogP contribution in [0, 0.1) is 5.82 Å². The summed E-state index contributed by atoms with van der Waals surface area (Å²) >= 11 is 0. The molecule has 140 valence electrons. The number of hydrogen-bond acceptors (Lipinski definition) is 5. The minimum Gasteiger partial charge on any atom is -0.486 e. The summed E-state index contributed by atoms with van der Waals surface area (Å²) in [5.74, 6) is -5.38. The van der Waals surface area contributed by atoms with E-state index in [9.17, 15) is 22.8 Å². The quantitative estimate of drug-likeness (QED) is 0.786. The Kier molecular flexibility index (Phi) is 6.66. The largest absolute Gasteiger partial charge is 0.486 e. The molecular formula is C16H20F3NO5. The molecule has 0 unspecified atom stereocenters. The summed E-state index contributed by atoms with van der Waals surface area (Å²) in [7, 11) is 1.07. The lowest BCUT2D eigenvalue weighted by Gasteiger charge is -2.22. The third-order valence-electron chi connectivity index (χ3n) is 2.68. The van der Waals surface area contributed by atoms with Gasteiger partial charge < -0.3 is 19.5 Å². The Bertz CT molecular complexity index is 629. The SMILES string of the molecule is COC(=O)c1cc(F)ccc1OCC(F)(F)CNC(=O)OC(C)(C)C. The zero-order valence-electron chi connectivity index (χ0n) is 14.3. The first kappa shape index (κ1) is 20.6. The van der Waals surface area contributed by atoms with Gasteiger partial charge in [-0.1, -0.05) is 0 Å². The number of halogens is 3. The highest BCUT2D eigenvalue weighted by atomic mass is 19.3. The van der Waals surface area contributed by atoms with E-state index in [4.69, 9.17) is 9.47 Å². The maximum Gasteiger partial charge on any atom is 0.407 e. The van der Waals surface area contributed by atoms with Crippen molar-refractivity contribution < 1.29 is 37.0 Å². The maximum atomic E-state index is 13.8. The van der Waals surface area contributed by atoms with Crippen LogP contribution >= 0.6 is 0 Å². The summed E-state index contributed by atoms with van der Waals surface area (Å²) in [6, 6.07) is 2.82. The Balaban J connectivity index is 2.67. The number of hydrogen-bond donors (Lipinski definition) is 1. The Morgan fingerprint density at radius 3 is 2.40 bits per heavy atom. The molecule has 1 aromatic carbocycles. The van der Waals surface area contributed by atoms with Gasteiger partial charge in [-0.25, -0.2) is 22.8 Å². The Morgan fingerprint density at radius 2 is 1.84 bits per heavy atom. The minimum absolute atomic E-state index is 0.259. The van der Waals surface area contributed by atoms with Crippen molar-refractivity contribution in [1.29, 1.82) is 0 Å². The fourth-order valence-corrected chi connectivity index (χ4v) is 1.65. The number of methoxy groups -OCH3 is 1. The van der Waals surface area contributed by atoms with Gasteiger partial charge in [0.25, 0.3) is 5.92 Å². The fourth-order valence-electron chi connectivity index (χ4n) is 1.65. The molecule has 25 heavy (non-hydrogen) atoms. The van der Waals surface area contributed by atoms with Gasteiger partial charge in [-0.15, -0.1) is 0 Å². The topological polar surface area (TPSA) is 73.9 Å². The van der Waals surface area contributed by atoms with Crippen LogP contribution in [0.25, 0.3) is 0 Å². The number of alkyl halides is 2. The van der Waals surface area contributed by atoms with Gasteiger partial charge in [-0.05, 0) is 39.0 Å². The van der Waals surface area contributed by atoms with Gasteiger partial charge in [-0.3, -0.25) is 0 Å². The van der Waals surface area contributed by atoms with Crippen molar-refractivity contribution in [3.63, 3.8) is 0 Å². The second-order valence-corrected chi connectivity index (χ2v) is 6.13. The van der Waals surface area contributed by atoms with Gasteiger partial charge in [0.1, 0.15) is 22.7 Å². The third kappa shape index (κ3) is 7.32. The summed E-state index contributed by atoms with van der Waals surface area (Å²) in [5.41, 5.74) is -1.14. The van der Waals surface area contributed by atoms with Crippen molar-refractivity contribution in [2.45, 2.75) is 32.3 Å². The number of ether oxygens (including phenoxy) is 3. The van der Waals surface area contributed by atoms with E-state index in [1.807, 2.05) is 5.32 Å². The van der Waals surface area contributed by atoms with Crippen LogP contribution < -0.4 is 10.1 Å². The van der Waals surface area contributed by atoms with Gasteiger partial charge >= 0.3 is 12.1 Å². The molecule has 0 atom stereocenters. The molecule has 0 aromatic heterocycles. The van der Waals surface area contributed by atoms with Crippen molar-refractivity contribution in [3.05, 3.63) is 29.6 Å². The first-order chi connectivity index (χ1) is 11.4. The van der Waals surface area contributed by atoms with Crippen LogP contribution in [0.3, 0.4) is 0 Å². The summed E-state index contributed by atoms with van der Waals surface area (Å²) in [5, 5.41) is 1.93. The summed E-state index contributed by atoms with van der Waals surface area (Å²) in [4.78, 5) is 22.9. The average Bonchev–Trinajstić information content (AvgIpc) is 2.49. The van der Waals surface area contributed by atoms with Gasteiger partial charge in [0.05, 0.1) is 13.7 Å². The second kappa shape index (κ2) is 8.09. The maximum absolute atomic E-state index is 13.8.